The average molecular weight is 305 g/mol. The van der Waals surface area contributed by atoms with E-state index in [9.17, 15) is 14.4 Å². The van der Waals surface area contributed by atoms with Crippen LogP contribution in [0.15, 0.2) is 60.7 Å². The van der Waals surface area contributed by atoms with Crippen molar-refractivity contribution in [3.8, 4) is 0 Å². The van der Waals surface area contributed by atoms with Gasteiger partial charge in [-0.15, -0.1) is 0 Å². The maximum atomic E-state index is 11.6. The second kappa shape index (κ2) is 7.01. The molecule has 0 bridgehead atoms. The average Bonchev–Trinajstić information content (AvgIpc) is 2.49. The molecule has 21 heavy (non-hydrogen) atoms. The summed E-state index contributed by atoms with van der Waals surface area (Å²) < 4.78 is 11.6. The number of hydrogen-bond donors (Lipinski definition) is 3. The van der Waals surface area contributed by atoms with Crippen molar-refractivity contribution in [3.05, 3.63) is 71.8 Å². The van der Waals surface area contributed by atoms with Gasteiger partial charge < -0.3 is 15.5 Å². The fraction of sp³-hybridized carbons (Fsp3) is 0.250. The molecule has 0 saturated carbocycles. The van der Waals surface area contributed by atoms with E-state index >= 15 is 0 Å². The van der Waals surface area contributed by atoms with Gasteiger partial charge in [-0.2, -0.15) is 0 Å². The summed E-state index contributed by atoms with van der Waals surface area (Å²) in [5.74, 6) is -0.0754. The van der Waals surface area contributed by atoms with Gasteiger partial charge in [-0.1, -0.05) is 60.7 Å². The van der Waals surface area contributed by atoms with Crippen LogP contribution in [-0.4, -0.2) is 22.0 Å². The van der Waals surface area contributed by atoms with Crippen LogP contribution in [0.2, 0.25) is 0 Å². The molecule has 4 nitrogen and oxygen atoms in total. The highest BCUT2D eigenvalue weighted by Gasteiger charge is 2.31. The van der Waals surface area contributed by atoms with E-state index < -0.39 is 13.3 Å². The standard InChI is InChI=1S/C16H20NO3P/c17-12-15(21(18,19)20)11-16(13-7-3-1-4-8-13)14-9-5-2-6-10-14/h1-10,15-16H,11-12,17H2,(H2,18,19,20)/t15-/m0/s1. The molecule has 1 atom stereocenters. The van der Waals surface area contributed by atoms with E-state index in [0.29, 0.717) is 6.42 Å². The molecular formula is C16H20NO3P. The number of hydrogen-bond acceptors (Lipinski definition) is 2. The van der Waals surface area contributed by atoms with Crippen LogP contribution >= 0.6 is 7.60 Å². The Labute approximate surface area is 124 Å². The van der Waals surface area contributed by atoms with Crippen molar-refractivity contribution >= 4 is 7.60 Å². The molecule has 112 valence electrons. The Balaban J connectivity index is 2.36. The van der Waals surface area contributed by atoms with Crippen molar-refractivity contribution in [2.75, 3.05) is 6.54 Å². The van der Waals surface area contributed by atoms with Crippen LogP contribution in [0.5, 0.6) is 0 Å². The lowest BCUT2D eigenvalue weighted by Gasteiger charge is -2.24. The molecule has 0 fully saturated rings. The molecule has 2 rings (SSSR count). The summed E-state index contributed by atoms with van der Waals surface area (Å²) >= 11 is 0. The molecule has 5 heteroatoms. The summed E-state index contributed by atoms with van der Waals surface area (Å²) in [6, 6.07) is 19.5. The minimum absolute atomic E-state index is 0.0273. The van der Waals surface area contributed by atoms with E-state index in [4.69, 9.17) is 5.73 Å². The van der Waals surface area contributed by atoms with Gasteiger partial charge in [0.1, 0.15) is 0 Å². The molecule has 2 aromatic carbocycles. The summed E-state index contributed by atoms with van der Waals surface area (Å²) in [7, 11) is -4.20. The Morgan fingerprint density at radius 2 is 1.33 bits per heavy atom. The van der Waals surface area contributed by atoms with Gasteiger partial charge in [-0.3, -0.25) is 4.57 Å². The van der Waals surface area contributed by atoms with Gasteiger partial charge in [0.05, 0.1) is 5.66 Å². The molecule has 0 heterocycles. The predicted octanol–water partition coefficient (Wildman–Crippen LogP) is 2.71. The quantitative estimate of drug-likeness (QED) is 0.717. The zero-order chi connectivity index (χ0) is 15.3. The molecule has 2 aromatic rings. The SMILES string of the molecule is NC[C@H](CC(c1ccccc1)c1ccccc1)P(=O)(O)O. The zero-order valence-corrected chi connectivity index (χ0v) is 12.6. The van der Waals surface area contributed by atoms with Crippen molar-refractivity contribution < 1.29 is 14.4 Å². The molecular weight excluding hydrogens is 285 g/mol. The third-order valence-electron chi connectivity index (χ3n) is 3.66. The molecule has 0 unspecified atom stereocenters. The summed E-state index contributed by atoms with van der Waals surface area (Å²) in [5.41, 5.74) is 6.82. The molecule has 4 N–H and O–H groups in total. The van der Waals surface area contributed by atoms with E-state index in [1.807, 2.05) is 60.7 Å². The second-order valence-corrected chi connectivity index (χ2v) is 7.00. The molecule has 0 aliphatic rings. The molecule has 0 aromatic heterocycles. The molecule has 0 aliphatic carbocycles. The summed E-state index contributed by atoms with van der Waals surface area (Å²) in [6.07, 6.45) is 0.328. The normalized spacial score (nSPS) is 13.3. The van der Waals surface area contributed by atoms with Crippen LogP contribution in [0.4, 0.5) is 0 Å². The van der Waals surface area contributed by atoms with Crippen molar-refractivity contribution in [2.24, 2.45) is 5.73 Å². The first-order chi connectivity index (χ1) is 10.0. The van der Waals surface area contributed by atoms with Gasteiger partial charge in [0, 0.05) is 12.5 Å². The van der Waals surface area contributed by atoms with E-state index in [1.165, 1.54) is 0 Å². The Bertz CT molecular complexity index is 558. The number of benzene rings is 2. The van der Waals surface area contributed by atoms with Gasteiger partial charge in [-0.05, 0) is 17.5 Å². The minimum atomic E-state index is -4.20. The minimum Gasteiger partial charge on any atom is -0.330 e. The molecule has 0 spiro atoms. The maximum absolute atomic E-state index is 11.6. The number of rotatable bonds is 6. The van der Waals surface area contributed by atoms with Gasteiger partial charge in [0.2, 0.25) is 0 Å². The lowest BCUT2D eigenvalue weighted by Crippen LogP contribution is -2.23. The van der Waals surface area contributed by atoms with E-state index in [2.05, 4.69) is 0 Å². The fourth-order valence-electron chi connectivity index (χ4n) is 2.48. The topological polar surface area (TPSA) is 83.6 Å². The van der Waals surface area contributed by atoms with E-state index in [1.54, 1.807) is 0 Å². The Morgan fingerprint density at radius 3 is 1.67 bits per heavy atom. The second-order valence-electron chi connectivity index (χ2n) is 5.09. The van der Waals surface area contributed by atoms with E-state index in [0.717, 1.165) is 11.1 Å². The van der Waals surface area contributed by atoms with Crippen LogP contribution in [0.3, 0.4) is 0 Å². The van der Waals surface area contributed by atoms with Gasteiger partial charge in [-0.25, -0.2) is 0 Å². The molecule has 0 amide bonds. The van der Waals surface area contributed by atoms with Crippen molar-refractivity contribution in [1.82, 2.24) is 0 Å². The molecule has 0 saturated heterocycles. The summed E-state index contributed by atoms with van der Waals surface area (Å²) in [4.78, 5) is 18.9. The smallest absolute Gasteiger partial charge is 0.329 e. The first-order valence-electron chi connectivity index (χ1n) is 6.87. The van der Waals surface area contributed by atoms with Crippen LogP contribution in [0.25, 0.3) is 0 Å². The molecule has 0 radical (unpaired) electrons. The Kier molecular flexibility index (Phi) is 5.32. The first kappa shape index (κ1) is 15.9. The highest BCUT2D eigenvalue weighted by atomic mass is 31.2. The fourth-order valence-corrected chi connectivity index (χ4v) is 3.24. The number of nitrogens with two attached hydrogens (primary N) is 1. The predicted molar refractivity (Wildman–Crippen MR) is 84.2 cm³/mol. The maximum Gasteiger partial charge on any atom is 0.329 e. The summed E-state index contributed by atoms with van der Waals surface area (Å²) in [6.45, 7) is -0.0273. The largest absolute Gasteiger partial charge is 0.330 e. The van der Waals surface area contributed by atoms with Gasteiger partial charge in [0.15, 0.2) is 0 Å². The van der Waals surface area contributed by atoms with Crippen LogP contribution in [0.1, 0.15) is 23.5 Å². The van der Waals surface area contributed by atoms with E-state index in [-0.39, 0.29) is 12.5 Å². The van der Waals surface area contributed by atoms with Gasteiger partial charge >= 0.3 is 7.60 Å². The highest BCUT2D eigenvalue weighted by Crippen LogP contribution is 2.46. The van der Waals surface area contributed by atoms with Crippen LogP contribution in [0, 0.1) is 0 Å². The monoisotopic (exact) mass is 305 g/mol. The van der Waals surface area contributed by atoms with Crippen LogP contribution < -0.4 is 5.73 Å². The Hall–Kier alpha value is -1.45. The highest BCUT2D eigenvalue weighted by molar-refractivity contribution is 7.52. The third kappa shape index (κ3) is 4.26. The molecule has 0 aliphatic heterocycles. The lowest BCUT2D eigenvalue weighted by atomic mass is 9.87. The third-order valence-corrected chi connectivity index (χ3v) is 5.03. The summed E-state index contributed by atoms with van der Waals surface area (Å²) in [5, 5.41) is 0. The van der Waals surface area contributed by atoms with Crippen LogP contribution in [-0.2, 0) is 4.57 Å². The first-order valence-corrected chi connectivity index (χ1v) is 8.55. The lowest BCUT2D eigenvalue weighted by molar-refractivity contribution is 0.353. The Morgan fingerprint density at radius 1 is 0.905 bits per heavy atom. The van der Waals surface area contributed by atoms with Gasteiger partial charge in [0.25, 0.3) is 0 Å². The van der Waals surface area contributed by atoms with Crippen molar-refractivity contribution in [3.63, 3.8) is 0 Å². The van der Waals surface area contributed by atoms with Crippen molar-refractivity contribution in [2.45, 2.75) is 18.0 Å². The van der Waals surface area contributed by atoms with Crippen molar-refractivity contribution in [1.29, 1.82) is 0 Å². The zero-order valence-electron chi connectivity index (χ0n) is 11.7.